The molecule has 28 heavy (non-hydrogen) atoms. The molecule has 2 amide bonds. The van der Waals surface area contributed by atoms with E-state index >= 15 is 0 Å². The fourth-order valence-corrected chi connectivity index (χ4v) is 2.82. The van der Waals surface area contributed by atoms with Crippen LogP contribution in [0.2, 0.25) is 0 Å². The summed E-state index contributed by atoms with van der Waals surface area (Å²) in [6.07, 6.45) is 0.885. The van der Waals surface area contributed by atoms with E-state index in [2.05, 4.69) is 10.5 Å². The molecule has 0 unspecified atom stereocenters. The molecule has 1 heterocycles. The number of nitrogens with one attached hydrogen (secondary N) is 1. The van der Waals surface area contributed by atoms with Gasteiger partial charge in [-0.25, -0.2) is 4.79 Å². The lowest BCUT2D eigenvalue weighted by molar-refractivity contribution is 0.190. The summed E-state index contributed by atoms with van der Waals surface area (Å²) in [6.45, 7) is 3.53. The number of hydrogen-bond donors (Lipinski definition) is 1. The molecule has 0 aliphatic rings. The van der Waals surface area contributed by atoms with Crippen LogP contribution in [-0.2, 0) is 13.1 Å². The van der Waals surface area contributed by atoms with Gasteiger partial charge in [-0.3, -0.25) is 0 Å². The van der Waals surface area contributed by atoms with E-state index in [4.69, 9.17) is 9.26 Å². The Hall–Kier alpha value is -3.28. The Morgan fingerprint density at radius 3 is 2.54 bits per heavy atom. The van der Waals surface area contributed by atoms with Gasteiger partial charge in [0.2, 0.25) is 0 Å². The maximum Gasteiger partial charge on any atom is 0.318 e. The lowest BCUT2D eigenvalue weighted by Gasteiger charge is -2.22. The summed E-state index contributed by atoms with van der Waals surface area (Å²) >= 11 is 0. The van der Waals surface area contributed by atoms with Crippen LogP contribution >= 0.6 is 0 Å². The third kappa shape index (κ3) is 5.13. The van der Waals surface area contributed by atoms with Gasteiger partial charge in [-0.2, -0.15) is 0 Å². The number of benzene rings is 2. The second-order valence-electron chi connectivity index (χ2n) is 6.48. The summed E-state index contributed by atoms with van der Waals surface area (Å²) in [4.78, 5) is 14.3. The molecule has 0 bridgehead atoms. The molecule has 2 aromatic carbocycles. The zero-order valence-electron chi connectivity index (χ0n) is 16.2. The van der Waals surface area contributed by atoms with Gasteiger partial charge in [-0.1, -0.05) is 42.4 Å². The van der Waals surface area contributed by atoms with Crippen molar-refractivity contribution >= 4 is 6.03 Å². The van der Waals surface area contributed by atoms with Gasteiger partial charge in [0.1, 0.15) is 11.4 Å². The number of ether oxygens (including phenoxy) is 1. The van der Waals surface area contributed by atoms with E-state index in [1.54, 1.807) is 12.0 Å². The summed E-state index contributed by atoms with van der Waals surface area (Å²) in [5.41, 5.74) is 2.67. The Labute approximate surface area is 165 Å². The average Bonchev–Trinajstić information content (AvgIpc) is 3.21. The van der Waals surface area contributed by atoms with Crippen LogP contribution in [0.5, 0.6) is 5.75 Å². The molecule has 146 valence electrons. The minimum Gasteiger partial charge on any atom is -0.497 e. The maximum atomic E-state index is 12.6. The molecule has 6 heteroatoms. The minimum atomic E-state index is -0.111. The zero-order valence-corrected chi connectivity index (χ0v) is 16.2. The van der Waals surface area contributed by atoms with Crippen molar-refractivity contribution in [3.63, 3.8) is 0 Å². The predicted molar refractivity (Wildman–Crippen MR) is 108 cm³/mol. The van der Waals surface area contributed by atoms with Crippen LogP contribution in [-0.4, -0.2) is 29.7 Å². The highest BCUT2D eigenvalue weighted by Gasteiger charge is 2.17. The zero-order chi connectivity index (χ0) is 19.8. The van der Waals surface area contributed by atoms with Crippen molar-refractivity contribution in [3.05, 3.63) is 71.9 Å². The second-order valence-corrected chi connectivity index (χ2v) is 6.48. The van der Waals surface area contributed by atoms with Gasteiger partial charge in [0.25, 0.3) is 0 Å². The van der Waals surface area contributed by atoms with Crippen molar-refractivity contribution in [2.75, 3.05) is 13.7 Å². The molecule has 0 radical (unpaired) electrons. The number of amides is 2. The van der Waals surface area contributed by atoms with Crippen LogP contribution in [0.15, 0.2) is 65.2 Å². The molecular weight excluding hydrogens is 354 g/mol. The highest BCUT2D eigenvalue weighted by atomic mass is 16.5. The summed E-state index contributed by atoms with van der Waals surface area (Å²) < 4.78 is 10.7. The third-order valence-electron chi connectivity index (χ3n) is 4.32. The Balaban J connectivity index is 1.74. The van der Waals surface area contributed by atoms with Gasteiger partial charge < -0.3 is 19.5 Å². The summed E-state index contributed by atoms with van der Waals surface area (Å²) in [7, 11) is 1.63. The molecule has 0 aliphatic carbocycles. The number of aromatic nitrogens is 1. The van der Waals surface area contributed by atoms with Crippen molar-refractivity contribution in [3.8, 4) is 17.1 Å². The number of urea groups is 1. The summed E-state index contributed by atoms with van der Waals surface area (Å²) in [5, 5.41) is 7.09. The molecule has 6 nitrogen and oxygen atoms in total. The smallest absolute Gasteiger partial charge is 0.318 e. The highest BCUT2D eigenvalue weighted by Crippen LogP contribution is 2.23. The molecule has 0 spiro atoms. The van der Waals surface area contributed by atoms with E-state index in [9.17, 15) is 4.79 Å². The van der Waals surface area contributed by atoms with Crippen molar-refractivity contribution in [1.82, 2.24) is 15.4 Å². The van der Waals surface area contributed by atoms with Gasteiger partial charge in [0, 0.05) is 24.7 Å². The largest absolute Gasteiger partial charge is 0.497 e. The molecule has 0 saturated carbocycles. The maximum absolute atomic E-state index is 12.6. The van der Waals surface area contributed by atoms with Gasteiger partial charge >= 0.3 is 6.03 Å². The van der Waals surface area contributed by atoms with Crippen molar-refractivity contribution in [2.45, 2.75) is 26.4 Å². The summed E-state index contributed by atoms with van der Waals surface area (Å²) in [6, 6.07) is 19.2. The van der Waals surface area contributed by atoms with Gasteiger partial charge in [0.15, 0.2) is 5.76 Å². The van der Waals surface area contributed by atoms with Gasteiger partial charge in [0.05, 0.1) is 13.7 Å². The van der Waals surface area contributed by atoms with E-state index < -0.39 is 0 Å². The normalized spacial score (nSPS) is 10.5. The molecule has 3 rings (SSSR count). The van der Waals surface area contributed by atoms with Gasteiger partial charge in [-0.05, 0) is 36.2 Å². The number of carbonyl (C=O) groups excluding carboxylic acids is 1. The van der Waals surface area contributed by atoms with Crippen LogP contribution in [0.1, 0.15) is 24.6 Å². The topological polar surface area (TPSA) is 67.6 Å². The van der Waals surface area contributed by atoms with Gasteiger partial charge in [-0.15, -0.1) is 0 Å². The molecule has 0 atom stereocenters. The Bertz CT molecular complexity index is 876. The molecule has 0 aliphatic heterocycles. The van der Waals surface area contributed by atoms with Crippen LogP contribution in [0.4, 0.5) is 4.79 Å². The number of rotatable bonds is 8. The molecule has 0 saturated heterocycles. The first-order valence-corrected chi connectivity index (χ1v) is 9.36. The van der Waals surface area contributed by atoms with E-state index in [0.717, 1.165) is 23.3 Å². The Kier molecular flexibility index (Phi) is 6.68. The monoisotopic (exact) mass is 379 g/mol. The Morgan fingerprint density at radius 2 is 1.86 bits per heavy atom. The molecule has 3 aromatic rings. The van der Waals surface area contributed by atoms with E-state index in [0.29, 0.717) is 31.1 Å². The lowest BCUT2D eigenvalue weighted by Crippen LogP contribution is -2.39. The second kappa shape index (κ2) is 9.60. The van der Waals surface area contributed by atoms with Crippen molar-refractivity contribution < 1.29 is 14.1 Å². The molecule has 0 fully saturated rings. The van der Waals surface area contributed by atoms with E-state index in [1.165, 1.54) is 0 Å². The average molecular weight is 379 g/mol. The van der Waals surface area contributed by atoms with Crippen LogP contribution in [0.3, 0.4) is 0 Å². The predicted octanol–water partition coefficient (Wildman–Crippen LogP) is 4.47. The van der Waals surface area contributed by atoms with Crippen LogP contribution < -0.4 is 10.1 Å². The van der Waals surface area contributed by atoms with Crippen LogP contribution in [0, 0.1) is 0 Å². The first-order valence-electron chi connectivity index (χ1n) is 9.36. The Morgan fingerprint density at radius 1 is 1.11 bits per heavy atom. The first-order chi connectivity index (χ1) is 13.7. The number of methoxy groups -OCH3 is 1. The molecule has 1 N–H and O–H groups in total. The van der Waals surface area contributed by atoms with E-state index in [1.807, 2.05) is 67.6 Å². The minimum absolute atomic E-state index is 0.111. The fraction of sp³-hybridized carbons (Fsp3) is 0.273. The number of hydrogen-bond acceptors (Lipinski definition) is 4. The SMILES string of the molecule is CCCNC(=O)N(Cc1ccccc1)Cc1cc(-c2ccc(OC)cc2)on1. The third-order valence-corrected chi connectivity index (χ3v) is 4.32. The standard InChI is InChI=1S/C22H25N3O3/c1-3-13-23-22(26)25(15-17-7-5-4-6-8-17)16-19-14-21(28-24-19)18-9-11-20(27-2)12-10-18/h4-12,14H,3,13,15-16H2,1-2H3,(H,23,26). The lowest BCUT2D eigenvalue weighted by atomic mass is 10.1. The number of carbonyl (C=O) groups is 1. The molecular formula is C22H25N3O3. The van der Waals surface area contributed by atoms with Crippen LogP contribution in [0.25, 0.3) is 11.3 Å². The van der Waals surface area contributed by atoms with Crippen molar-refractivity contribution in [2.24, 2.45) is 0 Å². The first kappa shape index (κ1) is 19.5. The van der Waals surface area contributed by atoms with Crippen molar-refractivity contribution in [1.29, 1.82) is 0 Å². The highest BCUT2D eigenvalue weighted by molar-refractivity contribution is 5.74. The fourth-order valence-electron chi connectivity index (χ4n) is 2.82. The quantitative estimate of drug-likeness (QED) is 0.627. The summed E-state index contributed by atoms with van der Waals surface area (Å²) in [5.74, 6) is 1.44. The number of nitrogens with zero attached hydrogens (tertiary/aromatic N) is 2. The van der Waals surface area contributed by atoms with E-state index in [-0.39, 0.29) is 6.03 Å². The molecule has 1 aromatic heterocycles.